The van der Waals surface area contributed by atoms with E-state index in [1.807, 2.05) is 65.8 Å². The second-order valence-corrected chi connectivity index (χ2v) is 8.82. The Bertz CT molecular complexity index is 1390. The average molecular weight is 447 g/mol. The molecular formula is C22H18N6OS2. The van der Waals surface area contributed by atoms with Crippen LogP contribution in [0.4, 0.5) is 0 Å². The third-order valence-corrected chi connectivity index (χ3v) is 6.63. The number of nitrogens with zero attached hydrogens (tertiary/aromatic N) is 4. The lowest BCUT2D eigenvalue weighted by Crippen LogP contribution is -2.18. The number of H-pyrrole nitrogens is 1. The van der Waals surface area contributed by atoms with Gasteiger partial charge in [0.1, 0.15) is 9.71 Å². The van der Waals surface area contributed by atoms with E-state index in [1.165, 1.54) is 11.3 Å². The molecular weight excluding hydrogens is 428 g/mol. The number of hydrazone groups is 1. The number of amides is 1. The van der Waals surface area contributed by atoms with Gasteiger partial charge in [-0.05, 0) is 49.1 Å². The largest absolute Gasteiger partial charge is 0.322 e. The van der Waals surface area contributed by atoms with Crippen LogP contribution >= 0.6 is 22.7 Å². The summed E-state index contributed by atoms with van der Waals surface area (Å²) in [6.07, 6.45) is 7.15. The third-order valence-electron chi connectivity index (χ3n) is 4.88. The van der Waals surface area contributed by atoms with Crippen LogP contribution in [-0.4, -0.2) is 31.9 Å². The summed E-state index contributed by atoms with van der Waals surface area (Å²) in [4.78, 5) is 19.1. The first-order chi connectivity index (χ1) is 15.1. The van der Waals surface area contributed by atoms with Gasteiger partial charge in [0.15, 0.2) is 0 Å². The molecule has 7 nitrogen and oxygen atoms in total. The number of pyridine rings is 1. The summed E-state index contributed by atoms with van der Waals surface area (Å²) in [5.74, 6) is -0.277. The van der Waals surface area contributed by atoms with E-state index in [1.54, 1.807) is 23.7 Å². The molecule has 0 spiro atoms. The molecule has 2 N–H and O–H groups in total. The molecule has 0 atom stereocenters. The van der Waals surface area contributed by atoms with E-state index >= 15 is 0 Å². The van der Waals surface area contributed by atoms with E-state index in [0.29, 0.717) is 4.88 Å². The molecule has 5 rings (SSSR count). The molecule has 1 amide bonds. The van der Waals surface area contributed by atoms with E-state index in [0.717, 1.165) is 44.0 Å². The number of aromatic nitrogens is 4. The summed E-state index contributed by atoms with van der Waals surface area (Å²) in [7, 11) is 0. The molecule has 0 fully saturated rings. The third kappa shape index (κ3) is 3.58. The van der Waals surface area contributed by atoms with Gasteiger partial charge in [-0.15, -0.1) is 11.3 Å². The Morgan fingerprint density at radius 3 is 2.90 bits per heavy atom. The summed E-state index contributed by atoms with van der Waals surface area (Å²) in [6.45, 7) is 4.00. The van der Waals surface area contributed by atoms with Gasteiger partial charge in [0.25, 0.3) is 5.91 Å². The Balaban J connectivity index is 1.48. The van der Waals surface area contributed by atoms with Crippen molar-refractivity contribution >= 4 is 45.0 Å². The number of hydrogen-bond donors (Lipinski definition) is 2. The number of carbonyl (C=O) groups excluding carboxylic acids is 1. The Morgan fingerprint density at radius 2 is 2.13 bits per heavy atom. The van der Waals surface area contributed by atoms with Crippen LogP contribution in [0.15, 0.2) is 58.7 Å². The maximum absolute atomic E-state index is 13.1. The van der Waals surface area contributed by atoms with E-state index < -0.39 is 0 Å². The van der Waals surface area contributed by atoms with Crippen LogP contribution in [0.25, 0.3) is 27.2 Å². The lowest BCUT2D eigenvalue weighted by Gasteiger charge is -2.07. The maximum atomic E-state index is 13.1. The van der Waals surface area contributed by atoms with E-state index in [2.05, 4.69) is 25.7 Å². The van der Waals surface area contributed by atoms with E-state index in [-0.39, 0.29) is 5.91 Å². The number of fused-ring (bicyclic) bond motifs is 1. The fourth-order valence-electron chi connectivity index (χ4n) is 3.55. The summed E-state index contributed by atoms with van der Waals surface area (Å²) >= 11 is 2.98. The molecule has 31 heavy (non-hydrogen) atoms. The number of aryl methyl sites for hydroxylation is 2. The van der Waals surface area contributed by atoms with Gasteiger partial charge in [-0.3, -0.25) is 9.89 Å². The lowest BCUT2D eigenvalue weighted by molar-refractivity contribution is 0.0959. The minimum Gasteiger partial charge on any atom is -0.322 e. The number of rotatable bonds is 5. The standard InChI is InChI=1S/C22H18N6OS2/c1-13-9-14(2)25-22-17(13)19(28-6-3-4-7-28)20(31-22)21(29)27-24-11-16-10-23-26-18(16)15-5-8-30-12-15/h3-12H,1-2H3,(H,23,26)(H,27,29)/b24-11+. The van der Waals surface area contributed by atoms with Gasteiger partial charge in [0, 0.05) is 40.0 Å². The van der Waals surface area contributed by atoms with Gasteiger partial charge in [0.05, 0.1) is 23.8 Å². The number of aromatic amines is 1. The van der Waals surface area contributed by atoms with Gasteiger partial charge in [-0.25, -0.2) is 10.4 Å². The van der Waals surface area contributed by atoms with Crippen molar-refractivity contribution in [3.63, 3.8) is 0 Å². The molecule has 0 aliphatic rings. The highest BCUT2D eigenvalue weighted by molar-refractivity contribution is 7.21. The van der Waals surface area contributed by atoms with Crippen LogP contribution in [0.5, 0.6) is 0 Å². The molecule has 0 saturated carbocycles. The van der Waals surface area contributed by atoms with Crippen molar-refractivity contribution < 1.29 is 4.79 Å². The second kappa shape index (κ2) is 7.93. The van der Waals surface area contributed by atoms with Crippen molar-refractivity contribution in [3.05, 3.63) is 75.3 Å². The first-order valence-corrected chi connectivity index (χ1v) is 11.3. The summed E-state index contributed by atoms with van der Waals surface area (Å²) in [5.41, 5.74) is 8.20. The first-order valence-electron chi connectivity index (χ1n) is 9.55. The molecule has 154 valence electrons. The molecule has 9 heteroatoms. The lowest BCUT2D eigenvalue weighted by atomic mass is 10.1. The van der Waals surface area contributed by atoms with Gasteiger partial charge < -0.3 is 4.57 Å². The monoisotopic (exact) mass is 446 g/mol. The van der Waals surface area contributed by atoms with Crippen LogP contribution in [0.3, 0.4) is 0 Å². The molecule has 0 unspecified atom stereocenters. The minimum absolute atomic E-state index is 0.277. The predicted molar refractivity (Wildman–Crippen MR) is 125 cm³/mol. The van der Waals surface area contributed by atoms with Gasteiger partial charge >= 0.3 is 0 Å². The van der Waals surface area contributed by atoms with Crippen molar-refractivity contribution in [1.29, 1.82) is 0 Å². The Morgan fingerprint density at radius 1 is 1.29 bits per heavy atom. The van der Waals surface area contributed by atoms with Crippen LogP contribution in [-0.2, 0) is 0 Å². The highest BCUT2D eigenvalue weighted by Crippen LogP contribution is 2.35. The molecule has 5 aromatic rings. The van der Waals surface area contributed by atoms with Gasteiger partial charge in [0.2, 0.25) is 0 Å². The van der Waals surface area contributed by atoms with Crippen molar-refractivity contribution in [1.82, 2.24) is 25.2 Å². The summed E-state index contributed by atoms with van der Waals surface area (Å²) in [6, 6.07) is 7.91. The number of nitrogens with one attached hydrogen (secondary N) is 2. The summed E-state index contributed by atoms with van der Waals surface area (Å²) in [5, 5.41) is 16.3. The number of carbonyl (C=O) groups is 1. The summed E-state index contributed by atoms with van der Waals surface area (Å²) < 4.78 is 1.95. The molecule has 0 radical (unpaired) electrons. The van der Waals surface area contributed by atoms with Crippen molar-refractivity contribution in [2.75, 3.05) is 0 Å². The van der Waals surface area contributed by atoms with Gasteiger partial charge in [-0.1, -0.05) is 0 Å². The van der Waals surface area contributed by atoms with E-state index in [4.69, 9.17) is 0 Å². The molecule has 0 bridgehead atoms. The quantitative estimate of drug-likeness (QED) is 0.297. The van der Waals surface area contributed by atoms with Crippen molar-refractivity contribution in [2.24, 2.45) is 5.10 Å². The smallest absolute Gasteiger partial charge is 0.283 e. The van der Waals surface area contributed by atoms with Crippen LogP contribution in [0.1, 0.15) is 26.5 Å². The fraction of sp³-hybridized carbons (Fsp3) is 0.0909. The predicted octanol–water partition coefficient (Wildman–Crippen LogP) is 4.92. The molecule has 0 aromatic carbocycles. The Labute approximate surface area is 186 Å². The van der Waals surface area contributed by atoms with Crippen LogP contribution < -0.4 is 5.43 Å². The van der Waals surface area contributed by atoms with Crippen LogP contribution in [0, 0.1) is 13.8 Å². The average Bonchev–Trinajstić information content (AvgIpc) is 3.52. The molecule has 0 saturated heterocycles. The highest BCUT2D eigenvalue weighted by atomic mass is 32.1. The zero-order chi connectivity index (χ0) is 21.4. The SMILES string of the molecule is Cc1cc(C)c2c(-n3cccc3)c(C(=O)N/N=C/c3cn[nH]c3-c3ccsc3)sc2n1. The minimum atomic E-state index is -0.277. The number of thiophene rings is 2. The molecule has 5 heterocycles. The second-order valence-electron chi connectivity index (χ2n) is 7.04. The number of hydrogen-bond acceptors (Lipinski definition) is 6. The Hall–Kier alpha value is -3.56. The maximum Gasteiger partial charge on any atom is 0.283 e. The molecule has 0 aliphatic heterocycles. The normalized spacial score (nSPS) is 11.5. The highest BCUT2D eigenvalue weighted by Gasteiger charge is 2.22. The topological polar surface area (TPSA) is 88.0 Å². The zero-order valence-corrected chi connectivity index (χ0v) is 18.4. The first kappa shape index (κ1) is 19.4. The van der Waals surface area contributed by atoms with Gasteiger partial charge in [-0.2, -0.15) is 21.5 Å². The Kier molecular flexibility index (Phi) is 4.97. The van der Waals surface area contributed by atoms with Crippen molar-refractivity contribution in [2.45, 2.75) is 13.8 Å². The van der Waals surface area contributed by atoms with Crippen LogP contribution in [0.2, 0.25) is 0 Å². The fourth-order valence-corrected chi connectivity index (χ4v) is 5.38. The molecule has 0 aliphatic carbocycles. The molecule has 5 aromatic heterocycles. The van der Waals surface area contributed by atoms with Crippen molar-refractivity contribution in [3.8, 4) is 16.9 Å². The zero-order valence-electron chi connectivity index (χ0n) is 16.8. The van der Waals surface area contributed by atoms with E-state index in [9.17, 15) is 4.79 Å².